The standard InChI is InChI=1S/C14H19IN2/c15-13-3-4-14-12(11-13)5-8-17(14)10-9-16-6-1-2-7-16/h3-4,11H,1-2,5-10H2. The van der Waals surface area contributed by atoms with Gasteiger partial charge in [0.15, 0.2) is 0 Å². The van der Waals surface area contributed by atoms with Gasteiger partial charge in [0, 0.05) is 28.9 Å². The zero-order chi connectivity index (χ0) is 11.7. The van der Waals surface area contributed by atoms with Crippen molar-refractivity contribution in [2.75, 3.05) is 37.6 Å². The Morgan fingerprint density at radius 1 is 1.06 bits per heavy atom. The van der Waals surface area contributed by atoms with Crippen LogP contribution in [0.4, 0.5) is 5.69 Å². The molecule has 1 aromatic rings. The molecule has 2 heterocycles. The molecule has 2 aliphatic rings. The van der Waals surface area contributed by atoms with E-state index >= 15 is 0 Å². The molecule has 1 fully saturated rings. The second-order valence-corrected chi connectivity index (χ2v) is 6.30. The lowest BCUT2D eigenvalue weighted by Crippen LogP contribution is -2.32. The van der Waals surface area contributed by atoms with Crippen molar-refractivity contribution in [1.82, 2.24) is 4.90 Å². The molecule has 3 rings (SSSR count). The van der Waals surface area contributed by atoms with E-state index < -0.39 is 0 Å². The monoisotopic (exact) mass is 342 g/mol. The maximum Gasteiger partial charge on any atom is 0.0400 e. The Morgan fingerprint density at radius 2 is 1.88 bits per heavy atom. The third kappa shape index (κ3) is 2.60. The first-order valence-electron chi connectivity index (χ1n) is 6.59. The van der Waals surface area contributed by atoms with Gasteiger partial charge in [-0.25, -0.2) is 0 Å². The maximum atomic E-state index is 2.60. The Bertz CT molecular complexity index is 399. The first-order chi connectivity index (χ1) is 8.33. The number of likely N-dealkylation sites (tertiary alicyclic amines) is 1. The van der Waals surface area contributed by atoms with E-state index in [1.807, 2.05) is 0 Å². The van der Waals surface area contributed by atoms with Crippen LogP contribution in [0.2, 0.25) is 0 Å². The molecule has 17 heavy (non-hydrogen) atoms. The average molecular weight is 342 g/mol. The van der Waals surface area contributed by atoms with Gasteiger partial charge in [-0.3, -0.25) is 0 Å². The zero-order valence-electron chi connectivity index (χ0n) is 10.2. The summed E-state index contributed by atoms with van der Waals surface area (Å²) < 4.78 is 1.36. The predicted molar refractivity (Wildman–Crippen MR) is 80.8 cm³/mol. The molecule has 1 aromatic carbocycles. The van der Waals surface area contributed by atoms with Crippen LogP contribution in [-0.2, 0) is 6.42 Å². The highest BCUT2D eigenvalue weighted by atomic mass is 127. The van der Waals surface area contributed by atoms with Crippen LogP contribution in [0.25, 0.3) is 0 Å². The van der Waals surface area contributed by atoms with Gasteiger partial charge in [-0.1, -0.05) is 0 Å². The number of nitrogens with zero attached hydrogens (tertiary/aromatic N) is 2. The third-order valence-electron chi connectivity index (χ3n) is 3.92. The molecule has 0 unspecified atom stereocenters. The number of anilines is 1. The molecule has 0 amide bonds. The molecular weight excluding hydrogens is 323 g/mol. The van der Waals surface area contributed by atoms with Gasteiger partial charge in [0.25, 0.3) is 0 Å². The second kappa shape index (κ2) is 5.14. The lowest BCUT2D eigenvalue weighted by atomic mass is 10.2. The van der Waals surface area contributed by atoms with Crippen molar-refractivity contribution in [3.05, 3.63) is 27.3 Å². The van der Waals surface area contributed by atoms with E-state index in [0.29, 0.717) is 0 Å². The van der Waals surface area contributed by atoms with E-state index in [1.54, 1.807) is 5.56 Å². The van der Waals surface area contributed by atoms with Crippen LogP contribution in [0.3, 0.4) is 0 Å². The van der Waals surface area contributed by atoms with Crippen molar-refractivity contribution < 1.29 is 0 Å². The largest absolute Gasteiger partial charge is 0.370 e. The molecule has 0 atom stereocenters. The van der Waals surface area contributed by atoms with E-state index in [-0.39, 0.29) is 0 Å². The highest BCUT2D eigenvalue weighted by molar-refractivity contribution is 14.1. The topological polar surface area (TPSA) is 6.48 Å². The van der Waals surface area contributed by atoms with Crippen molar-refractivity contribution in [1.29, 1.82) is 0 Å². The van der Waals surface area contributed by atoms with Gasteiger partial charge >= 0.3 is 0 Å². The first kappa shape index (κ1) is 11.8. The zero-order valence-corrected chi connectivity index (χ0v) is 12.3. The Balaban J connectivity index is 1.63. The van der Waals surface area contributed by atoms with Crippen LogP contribution in [0, 0.1) is 3.57 Å². The summed E-state index contributed by atoms with van der Waals surface area (Å²) in [5, 5.41) is 0. The second-order valence-electron chi connectivity index (χ2n) is 5.06. The van der Waals surface area contributed by atoms with Gasteiger partial charge in [-0.15, -0.1) is 0 Å². The Labute approximate surface area is 117 Å². The van der Waals surface area contributed by atoms with Crippen LogP contribution in [-0.4, -0.2) is 37.6 Å². The SMILES string of the molecule is Ic1ccc2c(c1)CCN2CCN1CCCC1. The van der Waals surface area contributed by atoms with Gasteiger partial charge in [0.05, 0.1) is 0 Å². The van der Waals surface area contributed by atoms with Gasteiger partial charge in [0.1, 0.15) is 0 Å². The van der Waals surface area contributed by atoms with E-state index in [0.717, 1.165) is 0 Å². The number of benzene rings is 1. The van der Waals surface area contributed by atoms with E-state index in [2.05, 4.69) is 50.6 Å². The smallest absolute Gasteiger partial charge is 0.0400 e. The summed E-state index contributed by atoms with van der Waals surface area (Å²) in [6.07, 6.45) is 4.02. The molecule has 0 bridgehead atoms. The minimum atomic E-state index is 1.20. The summed E-state index contributed by atoms with van der Waals surface area (Å²) in [6.45, 7) is 6.28. The summed E-state index contributed by atoms with van der Waals surface area (Å²) in [6, 6.07) is 6.87. The van der Waals surface area contributed by atoms with Crippen LogP contribution in [0.15, 0.2) is 18.2 Å². The van der Waals surface area contributed by atoms with Crippen molar-refractivity contribution in [3.63, 3.8) is 0 Å². The van der Waals surface area contributed by atoms with Gasteiger partial charge < -0.3 is 9.80 Å². The van der Waals surface area contributed by atoms with Gasteiger partial charge in [-0.05, 0) is 78.7 Å². The number of fused-ring (bicyclic) bond motifs is 1. The predicted octanol–water partition coefficient (Wildman–Crippen LogP) is 2.75. The summed E-state index contributed by atoms with van der Waals surface area (Å²) in [5.41, 5.74) is 3.02. The fourth-order valence-corrected chi connectivity index (χ4v) is 3.49. The van der Waals surface area contributed by atoms with E-state index in [1.165, 1.54) is 61.2 Å². The highest BCUT2D eigenvalue weighted by Gasteiger charge is 2.20. The fourth-order valence-electron chi connectivity index (χ4n) is 2.94. The number of halogens is 1. The third-order valence-corrected chi connectivity index (χ3v) is 4.59. The molecule has 3 heteroatoms. The average Bonchev–Trinajstić information content (AvgIpc) is 2.94. The molecular formula is C14H19IN2. The molecule has 0 spiro atoms. The van der Waals surface area contributed by atoms with E-state index in [4.69, 9.17) is 0 Å². The number of rotatable bonds is 3. The molecule has 0 saturated carbocycles. The van der Waals surface area contributed by atoms with Crippen LogP contribution >= 0.6 is 22.6 Å². The lowest BCUT2D eigenvalue weighted by Gasteiger charge is -2.23. The number of hydrogen-bond acceptors (Lipinski definition) is 2. The highest BCUT2D eigenvalue weighted by Crippen LogP contribution is 2.29. The van der Waals surface area contributed by atoms with Gasteiger partial charge in [0.2, 0.25) is 0 Å². The van der Waals surface area contributed by atoms with Crippen LogP contribution < -0.4 is 4.90 Å². The van der Waals surface area contributed by atoms with Gasteiger partial charge in [-0.2, -0.15) is 0 Å². The quantitative estimate of drug-likeness (QED) is 0.780. The van der Waals surface area contributed by atoms with Crippen LogP contribution in [0.1, 0.15) is 18.4 Å². The minimum absolute atomic E-state index is 1.20. The first-order valence-corrected chi connectivity index (χ1v) is 7.66. The summed E-state index contributed by atoms with van der Waals surface area (Å²) in [5.74, 6) is 0. The molecule has 0 aliphatic carbocycles. The van der Waals surface area contributed by atoms with Crippen molar-refractivity contribution in [3.8, 4) is 0 Å². The number of hydrogen-bond donors (Lipinski definition) is 0. The fraction of sp³-hybridized carbons (Fsp3) is 0.571. The maximum absolute atomic E-state index is 2.60. The van der Waals surface area contributed by atoms with Crippen molar-refractivity contribution in [2.45, 2.75) is 19.3 Å². The molecule has 92 valence electrons. The normalized spacial score (nSPS) is 19.9. The molecule has 2 aliphatic heterocycles. The summed E-state index contributed by atoms with van der Waals surface area (Å²) in [7, 11) is 0. The van der Waals surface area contributed by atoms with E-state index in [9.17, 15) is 0 Å². The Morgan fingerprint density at radius 3 is 2.71 bits per heavy atom. The van der Waals surface area contributed by atoms with Crippen molar-refractivity contribution in [2.24, 2.45) is 0 Å². The summed E-state index contributed by atoms with van der Waals surface area (Å²) in [4.78, 5) is 5.16. The van der Waals surface area contributed by atoms with Crippen molar-refractivity contribution >= 4 is 28.3 Å². The Kier molecular flexibility index (Phi) is 3.56. The molecule has 0 radical (unpaired) electrons. The molecule has 2 nitrogen and oxygen atoms in total. The minimum Gasteiger partial charge on any atom is -0.370 e. The summed E-state index contributed by atoms with van der Waals surface area (Å²) >= 11 is 2.41. The van der Waals surface area contributed by atoms with Crippen LogP contribution in [0.5, 0.6) is 0 Å². The lowest BCUT2D eigenvalue weighted by molar-refractivity contribution is 0.345. The Hall–Kier alpha value is -0.290. The molecule has 0 N–H and O–H groups in total. The molecule has 0 aromatic heterocycles. The molecule has 1 saturated heterocycles.